The summed E-state index contributed by atoms with van der Waals surface area (Å²) in [5.74, 6) is -2.60. The molecule has 0 aliphatic carbocycles. The van der Waals surface area contributed by atoms with Crippen molar-refractivity contribution in [3.05, 3.63) is 0 Å². The van der Waals surface area contributed by atoms with Crippen LogP contribution in [0.3, 0.4) is 0 Å². The second kappa shape index (κ2) is 7.61. The number of nitrogens with two attached hydrogens (primary N) is 1. The number of carboxylic acid groups (broad SMARTS) is 2. The third kappa shape index (κ3) is 7.29. The summed E-state index contributed by atoms with van der Waals surface area (Å²) in [5.41, 5.74) is 5.30. The fraction of sp³-hybridized carbons (Fsp3) is 0.700. The van der Waals surface area contributed by atoms with Gasteiger partial charge in [0, 0.05) is 6.42 Å². The third-order valence-corrected chi connectivity index (χ3v) is 2.16. The minimum absolute atomic E-state index is 0.00637. The van der Waals surface area contributed by atoms with Crippen LogP contribution in [-0.2, 0) is 14.4 Å². The lowest BCUT2D eigenvalue weighted by Crippen LogP contribution is -2.47. The summed E-state index contributed by atoms with van der Waals surface area (Å²) in [6.45, 7) is 1.46. The SMILES string of the molecule is C[C@H](N)C(=O)N[C@@H](CCCCC(=O)O)C(=O)O. The Morgan fingerprint density at radius 3 is 2.24 bits per heavy atom. The molecule has 7 heteroatoms. The average molecular weight is 246 g/mol. The van der Waals surface area contributed by atoms with Crippen molar-refractivity contribution in [1.29, 1.82) is 0 Å². The van der Waals surface area contributed by atoms with Crippen molar-refractivity contribution in [2.75, 3.05) is 0 Å². The summed E-state index contributed by atoms with van der Waals surface area (Å²) in [5, 5.41) is 19.5. The van der Waals surface area contributed by atoms with Crippen molar-refractivity contribution < 1.29 is 24.6 Å². The third-order valence-electron chi connectivity index (χ3n) is 2.16. The lowest BCUT2D eigenvalue weighted by Gasteiger charge is -2.15. The summed E-state index contributed by atoms with van der Waals surface area (Å²) < 4.78 is 0. The Labute approximate surface area is 99.0 Å². The van der Waals surface area contributed by atoms with E-state index in [1.54, 1.807) is 0 Å². The monoisotopic (exact) mass is 246 g/mol. The summed E-state index contributed by atoms with van der Waals surface area (Å²) >= 11 is 0. The van der Waals surface area contributed by atoms with Gasteiger partial charge in [-0.25, -0.2) is 4.79 Å². The summed E-state index contributed by atoms with van der Waals surface area (Å²) in [6.07, 6.45) is 0.990. The Balaban J connectivity index is 4.04. The van der Waals surface area contributed by atoms with E-state index in [0.29, 0.717) is 12.8 Å². The summed E-state index contributed by atoms with van der Waals surface area (Å²) in [4.78, 5) is 32.3. The number of nitrogens with one attached hydrogen (secondary N) is 1. The summed E-state index contributed by atoms with van der Waals surface area (Å²) in [6, 6.07) is -1.78. The van der Waals surface area contributed by atoms with Gasteiger partial charge >= 0.3 is 11.9 Å². The molecular weight excluding hydrogens is 228 g/mol. The highest BCUT2D eigenvalue weighted by atomic mass is 16.4. The molecule has 2 atom stereocenters. The Bertz CT molecular complexity index is 290. The number of hydrogen-bond acceptors (Lipinski definition) is 4. The molecule has 0 aliphatic rings. The van der Waals surface area contributed by atoms with E-state index in [1.807, 2.05) is 0 Å². The molecular formula is C10H18N2O5. The normalized spacial score (nSPS) is 13.8. The zero-order valence-electron chi connectivity index (χ0n) is 9.68. The number of carboxylic acids is 2. The minimum atomic E-state index is -1.14. The van der Waals surface area contributed by atoms with Gasteiger partial charge in [0.1, 0.15) is 6.04 Å². The Morgan fingerprint density at radius 1 is 1.24 bits per heavy atom. The highest BCUT2D eigenvalue weighted by Crippen LogP contribution is 2.04. The molecule has 7 nitrogen and oxygen atoms in total. The van der Waals surface area contributed by atoms with Crippen molar-refractivity contribution in [3.8, 4) is 0 Å². The van der Waals surface area contributed by atoms with Gasteiger partial charge in [-0.1, -0.05) is 6.42 Å². The van der Waals surface area contributed by atoms with Crippen LogP contribution in [0.15, 0.2) is 0 Å². The van der Waals surface area contributed by atoms with E-state index in [1.165, 1.54) is 6.92 Å². The van der Waals surface area contributed by atoms with Gasteiger partial charge in [-0.2, -0.15) is 0 Å². The molecule has 0 radical (unpaired) electrons. The number of hydrogen-bond donors (Lipinski definition) is 4. The van der Waals surface area contributed by atoms with Gasteiger partial charge < -0.3 is 21.3 Å². The highest BCUT2D eigenvalue weighted by Gasteiger charge is 2.20. The Morgan fingerprint density at radius 2 is 1.82 bits per heavy atom. The van der Waals surface area contributed by atoms with Crippen LogP contribution < -0.4 is 11.1 Å². The zero-order chi connectivity index (χ0) is 13.4. The average Bonchev–Trinajstić information content (AvgIpc) is 2.21. The molecule has 0 saturated carbocycles. The fourth-order valence-corrected chi connectivity index (χ4v) is 1.19. The lowest BCUT2D eigenvalue weighted by molar-refractivity contribution is -0.142. The number of carbonyl (C=O) groups excluding carboxylic acids is 1. The van der Waals surface area contributed by atoms with Gasteiger partial charge in [0.15, 0.2) is 0 Å². The summed E-state index contributed by atoms with van der Waals surface area (Å²) in [7, 11) is 0. The second-order valence-corrected chi connectivity index (χ2v) is 3.83. The molecule has 98 valence electrons. The standard InChI is InChI=1S/C10H18N2O5/c1-6(11)9(15)12-7(10(16)17)4-2-3-5-8(13)14/h6-7H,2-5,11H2,1H3,(H,12,15)(H,13,14)(H,16,17)/t6-,7-/m0/s1. The van der Waals surface area contributed by atoms with Gasteiger partial charge in [0.25, 0.3) is 0 Å². The first kappa shape index (κ1) is 15.4. The molecule has 0 fully saturated rings. The Hall–Kier alpha value is -1.63. The van der Waals surface area contributed by atoms with Gasteiger partial charge in [-0.05, 0) is 19.8 Å². The smallest absolute Gasteiger partial charge is 0.326 e. The minimum Gasteiger partial charge on any atom is -0.481 e. The van der Waals surface area contributed by atoms with E-state index in [2.05, 4.69) is 5.32 Å². The molecule has 0 aromatic carbocycles. The van der Waals surface area contributed by atoms with Crippen LogP contribution in [0.1, 0.15) is 32.6 Å². The predicted octanol–water partition coefficient (Wildman–Crippen LogP) is -0.452. The lowest BCUT2D eigenvalue weighted by atomic mass is 10.1. The molecule has 0 aliphatic heterocycles. The van der Waals surface area contributed by atoms with Gasteiger partial charge in [-0.15, -0.1) is 0 Å². The number of unbranched alkanes of at least 4 members (excludes halogenated alkanes) is 1. The first-order chi connectivity index (χ1) is 7.84. The van der Waals surface area contributed by atoms with E-state index in [-0.39, 0.29) is 12.8 Å². The number of aliphatic carboxylic acids is 2. The molecule has 0 aromatic heterocycles. The highest BCUT2D eigenvalue weighted by molar-refractivity contribution is 5.86. The molecule has 0 heterocycles. The van der Waals surface area contributed by atoms with E-state index in [9.17, 15) is 14.4 Å². The fourth-order valence-electron chi connectivity index (χ4n) is 1.19. The van der Waals surface area contributed by atoms with Gasteiger partial charge in [-0.3, -0.25) is 9.59 Å². The molecule has 17 heavy (non-hydrogen) atoms. The maximum absolute atomic E-state index is 11.2. The second-order valence-electron chi connectivity index (χ2n) is 3.83. The van der Waals surface area contributed by atoms with Crippen LogP contribution in [0.2, 0.25) is 0 Å². The van der Waals surface area contributed by atoms with Crippen molar-refractivity contribution >= 4 is 17.8 Å². The number of amides is 1. The van der Waals surface area contributed by atoms with Crippen LogP contribution in [0, 0.1) is 0 Å². The molecule has 0 saturated heterocycles. The van der Waals surface area contributed by atoms with E-state index in [0.717, 1.165) is 0 Å². The number of rotatable bonds is 8. The van der Waals surface area contributed by atoms with Gasteiger partial charge in [0.2, 0.25) is 5.91 Å². The molecule has 0 spiro atoms. The van der Waals surface area contributed by atoms with Crippen LogP contribution in [-0.4, -0.2) is 40.1 Å². The van der Waals surface area contributed by atoms with Crippen molar-refractivity contribution in [2.24, 2.45) is 5.73 Å². The molecule has 5 N–H and O–H groups in total. The molecule has 0 rings (SSSR count). The van der Waals surface area contributed by atoms with Gasteiger partial charge in [0.05, 0.1) is 6.04 Å². The largest absolute Gasteiger partial charge is 0.481 e. The number of carbonyl (C=O) groups is 3. The maximum atomic E-state index is 11.2. The molecule has 0 unspecified atom stereocenters. The van der Waals surface area contributed by atoms with Crippen LogP contribution in [0.4, 0.5) is 0 Å². The molecule has 1 amide bonds. The molecule has 0 aromatic rings. The van der Waals surface area contributed by atoms with E-state index < -0.39 is 29.9 Å². The van der Waals surface area contributed by atoms with Crippen molar-refractivity contribution in [1.82, 2.24) is 5.32 Å². The van der Waals surface area contributed by atoms with Crippen LogP contribution in [0.5, 0.6) is 0 Å². The molecule has 0 bridgehead atoms. The van der Waals surface area contributed by atoms with Crippen molar-refractivity contribution in [3.63, 3.8) is 0 Å². The first-order valence-corrected chi connectivity index (χ1v) is 5.35. The van der Waals surface area contributed by atoms with Crippen LogP contribution >= 0.6 is 0 Å². The topological polar surface area (TPSA) is 130 Å². The maximum Gasteiger partial charge on any atom is 0.326 e. The van der Waals surface area contributed by atoms with E-state index >= 15 is 0 Å². The van der Waals surface area contributed by atoms with E-state index in [4.69, 9.17) is 15.9 Å². The predicted molar refractivity (Wildman–Crippen MR) is 59.3 cm³/mol. The van der Waals surface area contributed by atoms with Crippen molar-refractivity contribution in [2.45, 2.75) is 44.7 Å². The first-order valence-electron chi connectivity index (χ1n) is 5.35. The quantitative estimate of drug-likeness (QED) is 0.429. The van der Waals surface area contributed by atoms with Crippen LogP contribution in [0.25, 0.3) is 0 Å². The zero-order valence-corrected chi connectivity index (χ0v) is 9.68. The Kier molecular flexibility index (Phi) is 6.88.